The van der Waals surface area contributed by atoms with Crippen LogP contribution in [-0.4, -0.2) is 48.6 Å². The molecule has 1 N–H and O–H groups in total. The Bertz CT molecular complexity index is 1060. The third kappa shape index (κ3) is 4.80. The Kier molecular flexibility index (Phi) is 6.38. The van der Waals surface area contributed by atoms with E-state index in [1.807, 2.05) is 23.1 Å². The maximum Gasteiger partial charge on any atom is 0.243 e. The van der Waals surface area contributed by atoms with E-state index in [0.29, 0.717) is 31.6 Å². The first-order chi connectivity index (χ1) is 14.9. The van der Waals surface area contributed by atoms with E-state index in [1.54, 1.807) is 36.4 Å². The summed E-state index contributed by atoms with van der Waals surface area (Å²) >= 11 is 0. The molecule has 0 aromatic heterocycles. The maximum atomic E-state index is 13.1. The van der Waals surface area contributed by atoms with Gasteiger partial charge >= 0.3 is 0 Å². The quantitative estimate of drug-likeness (QED) is 0.747. The molecule has 2 heterocycles. The summed E-state index contributed by atoms with van der Waals surface area (Å²) in [6.07, 6.45) is 3.48. The van der Waals surface area contributed by atoms with Gasteiger partial charge in [0, 0.05) is 31.7 Å². The zero-order chi connectivity index (χ0) is 21.8. The standard InChI is InChI=1S/C23H27N3O4S/c27-22-13-7-14-25(22)17-18-8-6-9-19(16-18)24-23(28)21-12-4-5-15-26(21)31(29,30)20-10-2-1-3-11-20/h1-3,6,8-11,16,21H,4-5,7,12-15,17H2,(H,24,28). The number of hydrogen-bond donors (Lipinski definition) is 1. The molecule has 4 rings (SSSR count). The second-order valence-corrected chi connectivity index (χ2v) is 9.94. The van der Waals surface area contributed by atoms with Crippen LogP contribution in [0.2, 0.25) is 0 Å². The molecule has 2 amide bonds. The van der Waals surface area contributed by atoms with Gasteiger partial charge < -0.3 is 10.2 Å². The number of amides is 2. The van der Waals surface area contributed by atoms with Crippen LogP contribution in [0.15, 0.2) is 59.5 Å². The van der Waals surface area contributed by atoms with E-state index >= 15 is 0 Å². The smallest absolute Gasteiger partial charge is 0.243 e. The number of nitrogens with one attached hydrogen (secondary N) is 1. The predicted molar refractivity (Wildman–Crippen MR) is 118 cm³/mol. The van der Waals surface area contributed by atoms with Crippen molar-refractivity contribution in [1.82, 2.24) is 9.21 Å². The Morgan fingerprint density at radius 2 is 1.81 bits per heavy atom. The fraction of sp³-hybridized carbons (Fsp3) is 0.391. The number of nitrogens with zero attached hydrogens (tertiary/aromatic N) is 2. The van der Waals surface area contributed by atoms with Crippen molar-refractivity contribution >= 4 is 27.5 Å². The molecule has 2 aromatic rings. The van der Waals surface area contributed by atoms with Gasteiger partial charge in [-0.25, -0.2) is 8.42 Å². The molecule has 0 radical (unpaired) electrons. The molecule has 0 spiro atoms. The summed E-state index contributed by atoms with van der Waals surface area (Å²) < 4.78 is 27.6. The van der Waals surface area contributed by atoms with E-state index in [0.717, 1.165) is 31.4 Å². The van der Waals surface area contributed by atoms with Crippen molar-refractivity contribution in [2.24, 2.45) is 0 Å². The minimum Gasteiger partial charge on any atom is -0.338 e. The minimum absolute atomic E-state index is 0.151. The third-order valence-electron chi connectivity index (χ3n) is 5.85. The SMILES string of the molecule is O=C(Nc1cccc(CN2CCCC2=O)c1)C1CCCCN1S(=O)(=O)c1ccccc1. The molecule has 2 aromatic carbocycles. The lowest BCUT2D eigenvalue weighted by Crippen LogP contribution is -2.49. The van der Waals surface area contributed by atoms with Gasteiger partial charge in [0.2, 0.25) is 21.8 Å². The summed E-state index contributed by atoms with van der Waals surface area (Å²) in [6, 6.07) is 14.9. The fourth-order valence-corrected chi connectivity index (χ4v) is 5.92. The largest absolute Gasteiger partial charge is 0.338 e. The number of hydrogen-bond acceptors (Lipinski definition) is 4. The predicted octanol–water partition coefficient (Wildman–Crippen LogP) is 2.99. The van der Waals surface area contributed by atoms with Crippen LogP contribution < -0.4 is 5.32 Å². The number of rotatable bonds is 6. The average Bonchev–Trinajstić information content (AvgIpc) is 3.19. The van der Waals surface area contributed by atoms with Crippen molar-refractivity contribution in [3.8, 4) is 0 Å². The molecule has 2 saturated heterocycles. The first kappa shape index (κ1) is 21.5. The van der Waals surface area contributed by atoms with Crippen molar-refractivity contribution in [3.05, 3.63) is 60.2 Å². The number of anilines is 1. The van der Waals surface area contributed by atoms with Gasteiger partial charge in [-0.1, -0.05) is 36.8 Å². The molecule has 31 heavy (non-hydrogen) atoms. The van der Waals surface area contributed by atoms with E-state index in [1.165, 1.54) is 4.31 Å². The van der Waals surface area contributed by atoms with Gasteiger partial charge in [-0.05, 0) is 49.1 Å². The summed E-state index contributed by atoms with van der Waals surface area (Å²) in [7, 11) is -3.75. The maximum absolute atomic E-state index is 13.1. The zero-order valence-corrected chi connectivity index (χ0v) is 18.2. The summed E-state index contributed by atoms with van der Waals surface area (Å²) in [5.41, 5.74) is 1.54. The zero-order valence-electron chi connectivity index (χ0n) is 17.4. The summed E-state index contributed by atoms with van der Waals surface area (Å²) in [4.78, 5) is 27.0. The highest BCUT2D eigenvalue weighted by atomic mass is 32.2. The van der Waals surface area contributed by atoms with Crippen LogP contribution in [0.1, 0.15) is 37.7 Å². The molecule has 2 aliphatic heterocycles. The highest BCUT2D eigenvalue weighted by Gasteiger charge is 2.37. The minimum atomic E-state index is -3.75. The Morgan fingerprint density at radius 3 is 2.55 bits per heavy atom. The van der Waals surface area contributed by atoms with Crippen molar-refractivity contribution in [2.75, 3.05) is 18.4 Å². The molecule has 7 nitrogen and oxygen atoms in total. The van der Waals surface area contributed by atoms with Crippen LogP contribution in [0.25, 0.3) is 0 Å². The van der Waals surface area contributed by atoms with Crippen LogP contribution >= 0.6 is 0 Å². The van der Waals surface area contributed by atoms with Gasteiger partial charge in [0.1, 0.15) is 6.04 Å². The van der Waals surface area contributed by atoms with E-state index in [4.69, 9.17) is 0 Å². The molecular formula is C23H27N3O4S. The second kappa shape index (κ2) is 9.20. The van der Waals surface area contributed by atoms with Crippen molar-refractivity contribution < 1.29 is 18.0 Å². The lowest BCUT2D eigenvalue weighted by molar-refractivity contribution is -0.128. The summed E-state index contributed by atoms with van der Waals surface area (Å²) in [6.45, 7) is 1.59. The van der Waals surface area contributed by atoms with Gasteiger partial charge in [-0.3, -0.25) is 9.59 Å². The van der Waals surface area contributed by atoms with Crippen molar-refractivity contribution in [1.29, 1.82) is 0 Å². The van der Waals surface area contributed by atoms with Crippen molar-refractivity contribution in [2.45, 2.75) is 49.6 Å². The molecule has 2 aliphatic rings. The number of carbonyl (C=O) groups excluding carboxylic acids is 2. The molecule has 164 valence electrons. The Morgan fingerprint density at radius 1 is 1.00 bits per heavy atom. The Labute approximate surface area is 183 Å². The van der Waals surface area contributed by atoms with Gasteiger partial charge in [0.25, 0.3) is 0 Å². The molecule has 1 atom stereocenters. The molecule has 0 bridgehead atoms. The molecule has 8 heteroatoms. The summed E-state index contributed by atoms with van der Waals surface area (Å²) in [5, 5.41) is 2.89. The van der Waals surface area contributed by atoms with E-state index < -0.39 is 16.1 Å². The van der Waals surface area contributed by atoms with Crippen LogP contribution in [0, 0.1) is 0 Å². The van der Waals surface area contributed by atoms with Crippen LogP contribution in [0.4, 0.5) is 5.69 Å². The molecule has 1 unspecified atom stereocenters. The molecule has 0 saturated carbocycles. The lowest BCUT2D eigenvalue weighted by atomic mass is 10.0. The second-order valence-electron chi connectivity index (χ2n) is 8.05. The number of sulfonamides is 1. The molecule has 0 aliphatic carbocycles. The normalized spacial score (nSPS) is 20.1. The van der Waals surface area contributed by atoms with Gasteiger partial charge in [0.15, 0.2) is 0 Å². The first-order valence-corrected chi connectivity index (χ1v) is 12.1. The average molecular weight is 442 g/mol. The van der Waals surface area contributed by atoms with E-state index in [2.05, 4.69) is 5.32 Å². The Hall–Kier alpha value is -2.71. The van der Waals surface area contributed by atoms with Crippen molar-refractivity contribution in [3.63, 3.8) is 0 Å². The van der Waals surface area contributed by atoms with E-state index in [9.17, 15) is 18.0 Å². The lowest BCUT2D eigenvalue weighted by Gasteiger charge is -2.33. The van der Waals surface area contributed by atoms with Gasteiger partial charge in [-0.2, -0.15) is 4.31 Å². The number of piperidine rings is 1. The first-order valence-electron chi connectivity index (χ1n) is 10.7. The van der Waals surface area contributed by atoms with Crippen LogP contribution in [0.3, 0.4) is 0 Å². The Balaban J connectivity index is 1.49. The van der Waals surface area contributed by atoms with E-state index in [-0.39, 0.29) is 16.7 Å². The van der Waals surface area contributed by atoms with Crippen LogP contribution in [-0.2, 0) is 26.2 Å². The third-order valence-corrected chi connectivity index (χ3v) is 7.77. The molecular weight excluding hydrogens is 414 g/mol. The molecule has 2 fully saturated rings. The highest BCUT2D eigenvalue weighted by molar-refractivity contribution is 7.89. The number of carbonyl (C=O) groups is 2. The monoisotopic (exact) mass is 441 g/mol. The van der Waals surface area contributed by atoms with Gasteiger partial charge in [-0.15, -0.1) is 0 Å². The topological polar surface area (TPSA) is 86.8 Å². The number of likely N-dealkylation sites (tertiary alicyclic amines) is 1. The highest BCUT2D eigenvalue weighted by Crippen LogP contribution is 2.26. The number of benzene rings is 2. The van der Waals surface area contributed by atoms with Gasteiger partial charge in [0.05, 0.1) is 4.90 Å². The summed E-state index contributed by atoms with van der Waals surface area (Å²) in [5.74, 6) is -0.174. The fourth-order valence-electron chi connectivity index (χ4n) is 4.25. The van der Waals surface area contributed by atoms with Crippen LogP contribution in [0.5, 0.6) is 0 Å².